The quantitative estimate of drug-likeness (QED) is 0.440. The van der Waals surface area contributed by atoms with E-state index in [4.69, 9.17) is 4.52 Å². The fourth-order valence-corrected chi connectivity index (χ4v) is 3.01. The smallest absolute Gasteiger partial charge is 0.310 e. The Morgan fingerprint density at radius 1 is 1.17 bits per heavy atom. The molecule has 0 rings (SSSR count). The lowest BCUT2D eigenvalue weighted by molar-refractivity contribution is -0.0535. The van der Waals surface area contributed by atoms with E-state index in [0.29, 0.717) is 0 Å². The van der Waals surface area contributed by atoms with E-state index in [2.05, 4.69) is 8.71 Å². The van der Waals surface area contributed by atoms with Gasteiger partial charge < -0.3 is 9.05 Å². The van der Waals surface area contributed by atoms with Gasteiger partial charge in [-0.15, -0.1) is 0 Å². The largest absolute Gasteiger partial charge is 0.523 e. The van der Waals surface area contributed by atoms with Crippen molar-refractivity contribution in [2.75, 3.05) is 13.5 Å². The number of hydrogen-bond acceptors (Lipinski definition) is 6. The van der Waals surface area contributed by atoms with Crippen molar-refractivity contribution in [1.82, 2.24) is 0 Å². The minimum absolute atomic E-state index is 0.913. The van der Waals surface area contributed by atoms with E-state index in [1.54, 1.807) is 0 Å². The molecule has 0 aromatic carbocycles. The van der Waals surface area contributed by atoms with Crippen LogP contribution in [0.2, 0.25) is 0 Å². The summed E-state index contributed by atoms with van der Waals surface area (Å²) in [5.74, 6) is 0. The molecular weight excluding hydrogens is 300 g/mol. The first-order chi connectivity index (χ1) is 7.72. The lowest BCUT2D eigenvalue weighted by Gasteiger charge is -2.25. The van der Waals surface area contributed by atoms with E-state index in [1.807, 2.05) is 0 Å². The van der Waals surface area contributed by atoms with Gasteiger partial charge in [0, 0.05) is 7.11 Å². The molecule has 0 N–H and O–H groups in total. The predicted molar refractivity (Wildman–Crippen MR) is 56.4 cm³/mol. The number of alkyl halides is 3. The molecule has 0 aromatic rings. The summed E-state index contributed by atoms with van der Waals surface area (Å²) in [7, 11) is -9.01. The first-order valence-corrected chi connectivity index (χ1v) is 7.67. The van der Waals surface area contributed by atoms with Crippen LogP contribution in [-0.2, 0) is 27.9 Å². The van der Waals surface area contributed by atoms with Gasteiger partial charge in [-0.05, 0) is 20.8 Å². The maximum absolute atomic E-state index is 12.0. The zero-order valence-corrected chi connectivity index (χ0v) is 11.9. The molecular formula is C7H14F3O6PS. The van der Waals surface area contributed by atoms with Crippen LogP contribution in [0.5, 0.6) is 0 Å². The maximum atomic E-state index is 12.0. The van der Waals surface area contributed by atoms with Gasteiger partial charge in [-0.2, -0.15) is 21.6 Å². The molecule has 0 aliphatic carbocycles. The lowest BCUT2D eigenvalue weighted by atomic mass is 10.2. The van der Waals surface area contributed by atoms with Crippen LogP contribution in [0.4, 0.5) is 13.2 Å². The van der Waals surface area contributed by atoms with Crippen molar-refractivity contribution in [2.45, 2.75) is 31.9 Å². The van der Waals surface area contributed by atoms with E-state index in [-0.39, 0.29) is 0 Å². The van der Waals surface area contributed by atoms with Gasteiger partial charge in [0.1, 0.15) is 0 Å². The van der Waals surface area contributed by atoms with Crippen LogP contribution in [-0.4, -0.2) is 33.0 Å². The molecule has 1 unspecified atom stereocenters. The van der Waals surface area contributed by atoms with Gasteiger partial charge in [-0.1, -0.05) is 0 Å². The molecule has 0 saturated heterocycles. The Bertz CT molecular complexity index is 423. The third-order valence-electron chi connectivity index (χ3n) is 1.34. The van der Waals surface area contributed by atoms with Gasteiger partial charge in [0.25, 0.3) is 0 Å². The van der Waals surface area contributed by atoms with Gasteiger partial charge >= 0.3 is 23.2 Å². The summed E-state index contributed by atoms with van der Waals surface area (Å²) in [6, 6.07) is 0. The molecule has 0 aromatic heterocycles. The molecule has 0 bridgehead atoms. The van der Waals surface area contributed by atoms with Gasteiger partial charge in [0.05, 0.1) is 5.60 Å². The van der Waals surface area contributed by atoms with E-state index in [1.165, 1.54) is 20.8 Å². The second-order valence-electron chi connectivity index (χ2n) is 4.14. The molecule has 0 saturated carbocycles. The Morgan fingerprint density at radius 2 is 1.61 bits per heavy atom. The molecule has 1 atom stereocenters. The van der Waals surface area contributed by atoms with Crippen LogP contribution >= 0.6 is 7.60 Å². The molecule has 11 heteroatoms. The Morgan fingerprint density at radius 3 is 1.89 bits per heavy atom. The van der Waals surface area contributed by atoms with Crippen molar-refractivity contribution in [1.29, 1.82) is 0 Å². The van der Waals surface area contributed by atoms with Crippen molar-refractivity contribution in [3.63, 3.8) is 0 Å². The second-order valence-corrected chi connectivity index (χ2v) is 7.78. The third kappa shape index (κ3) is 5.66. The van der Waals surface area contributed by atoms with Crippen molar-refractivity contribution in [2.24, 2.45) is 0 Å². The zero-order valence-electron chi connectivity index (χ0n) is 10.1. The summed E-state index contributed by atoms with van der Waals surface area (Å²) >= 11 is 0. The number of halogens is 3. The molecule has 110 valence electrons. The number of rotatable bonds is 5. The Hall–Kier alpha value is -0.150. The summed E-state index contributed by atoms with van der Waals surface area (Å²) in [6.07, 6.45) is -1.34. The summed E-state index contributed by atoms with van der Waals surface area (Å²) in [4.78, 5) is 0. The first-order valence-electron chi connectivity index (χ1n) is 4.54. The molecule has 18 heavy (non-hydrogen) atoms. The Balaban J connectivity index is 4.84. The van der Waals surface area contributed by atoms with E-state index in [9.17, 15) is 26.2 Å². The average molecular weight is 314 g/mol. The van der Waals surface area contributed by atoms with Crippen molar-refractivity contribution in [3.05, 3.63) is 0 Å². The van der Waals surface area contributed by atoms with Crippen LogP contribution in [0.3, 0.4) is 0 Å². The highest BCUT2D eigenvalue weighted by atomic mass is 32.2. The van der Waals surface area contributed by atoms with Gasteiger partial charge in [0.15, 0.2) is 6.35 Å². The summed E-state index contributed by atoms with van der Waals surface area (Å²) < 4.78 is 81.8. The minimum atomic E-state index is -5.83. The summed E-state index contributed by atoms with van der Waals surface area (Å²) in [5.41, 5.74) is -6.59. The maximum Gasteiger partial charge on any atom is 0.523 e. The van der Waals surface area contributed by atoms with E-state index in [0.717, 1.165) is 7.11 Å². The molecule has 0 amide bonds. The van der Waals surface area contributed by atoms with Crippen molar-refractivity contribution < 1.29 is 39.4 Å². The highest BCUT2D eigenvalue weighted by molar-refractivity contribution is 7.87. The van der Waals surface area contributed by atoms with Crippen molar-refractivity contribution in [3.8, 4) is 0 Å². The molecule has 6 nitrogen and oxygen atoms in total. The van der Waals surface area contributed by atoms with Crippen molar-refractivity contribution >= 4 is 17.7 Å². The molecule has 0 aliphatic heterocycles. The Kier molecular flexibility index (Phi) is 5.41. The molecule has 0 heterocycles. The average Bonchev–Trinajstić information content (AvgIpc) is 2.10. The van der Waals surface area contributed by atoms with Crippen LogP contribution in [0, 0.1) is 0 Å². The highest BCUT2D eigenvalue weighted by Crippen LogP contribution is 2.51. The van der Waals surface area contributed by atoms with Gasteiger partial charge in [0.2, 0.25) is 0 Å². The first kappa shape index (κ1) is 17.8. The summed E-state index contributed by atoms with van der Waals surface area (Å²) in [6.45, 7) is 4.41. The normalized spacial score (nSPS) is 17.5. The van der Waals surface area contributed by atoms with Gasteiger partial charge in [-0.3, -0.25) is 8.75 Å². The highest BCUT2D eigenvalue weighted by Gasteiger charge is 2.48. The van der Waals surface area contributed by atoms with E-state index >= 15 is 0 Å². The molecule has 0 spiro atoms. The lowest BCUT2D eigenvalue weighted by Crippen LogP contribution is -2.27. The van der Waals surface area contributed by atoms with E-state index < -0.39 is 35.2 Å². The third-order valence-corrected chi connectivity index (χ3v) is 4.34. The molecule has 0 radical (unpaired) electrons. The summed E-state index contributed by atoms with van der Waals surface area (Å²) in [5, 5.41) is 0. The van der Waals surface area contributed by atoms with Crippen LogP contribution in [0.1, 0.15) is 20.8 Å². The van der Waals surface area contributed by atoms with Crippen LogP contribution < -0.4 is 0 Å². The standard InChI is InChI=1S/C7H14F3O6PS/c1-6(2,3)16-17(11,14-4)5-15-18(12,13)7(8,9)10/h5H2,1-4H3. The number of hydrogen-bond donors (Lipinski definition) is 0. The SMILES string of the molecule is COP(=O)(COS(=O)(=O)C(F)(F)F)OC(C)(C)C. The minimum Gasteiger partial charge on any atom is -0.310 e. The van der Waals surface area contributed by atoms with Crippen LogP contribution in [0.15, 0.2) is 0 Å². The predicted octanol–water partition coefficient (Wildman–Crippen LogP) is 2.46. The molecule has 0 fully saturated rings. The monoisotopic (exact) mass is 314 g/mol. The fraction of sp³-hybridized carbons (Fsp3) is 1.00. The van der Waals surface area contributed by atoms with Crippen LogP contribution in [0.25, 0.3) is 0 Å². The fourth-order valence-electron chi connectivity index (χ4n) is 0.734. The Labute approximate surface area is 103 Å². The second kappa shape index (κ2) is 5.46. The topological polar surface area (TPSA) is 78.9 Å². The van der Waals surface area contributed by atoms with Gasteiger partial charge in [-0.25, -0.2) is 0 Å². The molecule has 0 aliphatic rings. The zero-order chi connectivity index (χ0) is 14.8.